The molecule has 0 bridgehead atoms. The lowest BCUT2D eigenvalue weighted by Gasteiger charge is -2.28. The first-order valence-electron chi connectivity index (χ1n) is 8.60. The number of hydrogen-bond donors (Lipinski definition) is 2. The third-order valence-electron chi connectivity index (χ3n) is 4.19. The average molecular weight is 357 g/mol. The summed E-state index contributed by atoms with van der Waals surface area (Å²) in [4.78, 5) is 22.7. The van der Waals surface area contributed by atoms with E-state index in [2.05, 4.69) is 15.5 Å². The highest BCUT2D eigenvalue weighted by atomic mass is 16.4. The topological polar surface area (TPSA) is 115 Å². The van der Waals surface area contributed by atoms with Crippen LogP contribution in [0.4, 0.5) is 0 Å². The molecule has 0 saturated carbocycles. The number of rotatable bonds is 7. The van der Waals surface area contributed by atoms with Gasteiger partial charge in [0.25, 0.3) is 7.48 Å². The number of amides is 1. The number of aromatic nitrogens is 2. The van der Waals surface area contributed by atoms with Crippen molar-refractivity contribution in [3.05, 3.63) is 36.2 Å². The van der Waals surface area contributed by atoms with Crippen molar-refractivity contribution < 1.29 is 23.8 Å². The third kappa shape index (κ3) is 5.16. The zero-order valence-corrected chi connectivity index (χ0v) is 14.3. The summed E-state index contributed by atoms with van der Waals surface area (Å²) < 4.78 is 11.1. The fourth-order valence-corrected chi connectivity index (χ4v) is 2.85. The molecule has 1 aromatic carbocycles. The Labute approximate surface area is 151 Å². The molecule has 26 heavy (non-hydrogen) atoms. The maximum atomic E-state index is 12.1. The zero-order chi connectivity index (χ0) is 18.4. The standard InChI is InChI=1S/C17H20BN3O5/c22-14(19-13-7-6-12(26-18-13)10-16(23)24)8-9-15-20-21-17(25-15)11-4-2-1-3-5-11/h1-5,12-13,18H,6-10H2,(H,19,22)(H,23,24)/t12-,13-/m0/s1. The summed E-state index contributed by atoms with van der Waals surface area (Å²) >= 11 is 0. The van der Waals surface area contributed by atoms with Crippen molar-refractivity contribution >= 4 is 19.4 Å². The molecule has 1 aliphatic heterocycles. The van der Waals surface area contributed by atoms with Crippen LogP contribution in [-0.2, 0) is 20.7 Å². The van der Waals surface area contributed by atoms with Crippen molar-refractivity contribution in [2.24, 2.45) is 0 Å². The van der Waals surface area contributed by atoms with Crippen molar-refractivity contribution in [1.29, 1.82) is 0 Å². The van der Waals surface area contributed by atoms with Gasteiger partial charge in [-0.2, -0.15) is 0 Å². The number of carboxylic acids is 1. The lowest BCUT2D eigenvalue weighted by molar-refractivity contribution is -0.139. The van der Waals surface area contributed by atoms with E-state index in [0.717, 1.165) is 5.56 Å². The van der Waals surface area contributed by atoms with Crippen LogP contribution in [0.2, 0.25) is 0 Å². The minimum Gasteiger partial charge on any atom is -0.481 e. The quantitative estimate of drug-likeness (QED) is 0.714. The van der Waals surface area contributed by atoms with Gasteiger partial charge in [-0.25, -0.2) is 0 Å². The Hall–Kier alpha value is -2.68. The van der Waals surface area contributed by atoms with Gasteiger partial charge in [0.05, 0.1) is 12.5 Å². The minimum atomic E-state index is -0.869. The monoisotopic (exact) mass is 357 g/mol. The number of nitrogens with one attached hydrogen (secondary N) is 1. The molecule has 2 N–H and O–H groups in total. The lowest BCUT2D eigenvalue weighted by Crippen LogP contribution is -2.45. The van der Waals surface area contributed by atoms with E-state index in [4.69, 9.17) is 14.2 Å². The Morgan fingerprint density at radius 3 is 2.73 bits per heavy atom. The molecule has 2 heterocycles. The molecule has 0 spiro atoms. The van der Waals surface area contributed by atoms with Gasteiger partial charge in [-0.3, -0.25) is 9.59 Å². The van der Waals surface area contributed by atoms with E-state index in [1.54, 1.807) is 0 Å². The first kappa shape index (κ1) is 18.1. The second kappa shape index (κ2) is 8.62. The smallest absolute Gasteiger partial charge is 0.305 e. The number of carbonyl (C=O) groups excluding carboxylic acids is 1. The first-order chi connectivity index (χ1) is 12.6. The first-order valence-corrected chi connectivity index (χ1v) is 8.60. The van der Waals surface area contributed by atoms with Crippen LogP contribution >= 0.6 is 0 Å². The molecule has 9 heteroatoms. The normalized spacial score (nSPS) is 19.5. The Balaban J connectivity index is 1.41. The number of hydrogen-bond acceptors (Lipinski definition) is 6. The molecule has 1 amide bonds. The molecule has 1 fully saturated rings. The number of aliphatic carboxylic acids is 1. The predicted octanol–water partition coefficient (Wildman–Crippen LogP) is 1.12. The number of benzene rings is 1. The van der Waals surface area contributed by atoms with Crippen LogP contribution in [0.3, 0.4) is 0 Å². The van der Waals surface area contributed by atoms with E-state index in [9.17, 15) is 9.59 Å². The van der Waals surface area contributed by atoms with Crippen LogP contribution in [0.15, 0.2) is 34.7 Å². The van der Waals surface area contributed by atoms with Gasteiger partial charge in [-0.1, -0.05) is 18.2 Å². The highest BCUT2D eigenvalue weighted by Gasteiger charge is 2.26. The number of carboxylic acid groups (broad SMARTS) is 1. The number of aryl methyl sites for hydroxylation is 1. The van der Waals surface area contributed by atoms with E-state index in [-0.39, 0.29) is 30.8 Å². The predicted molar refractivity (Wildman–Crippen MR) is 93.5 cm³/mol. The molecule has 136 valence electrons. The molecule has 0 unspecified atom stereocenters. The van der Waals surface area contributed by atoms with Crippen LogP contribution < -0.4 is 5.32 Å². The SMILES string of the molecule is O=C(O)C[C@@H]1CC[C@H](NC(=O)CCc2nnc(-c3ccccc3)o2)BO1. The fourth-order valence-electron chi connectivity index (χ4n) is 2.85. The Kier molecular flexibility index (Phi) is 6.01. The Bertz CT molecular complexity index is 744. The van der Waals surface area contributed by atoms with Gasteiger partial charge in [0, 0.05) is 24.3 Å². The summed E-state index contributed by atoms with van der Waals surface area (Å²) in [7, 11) is 0.336. The third-order valence-corrected chi connectivity index (χ3v) is 4.19. The van der Waals surface area contributed by atoms with Gasteiger partial charge in [0.1, 0.15) is 0 Å². The molecule has 2 aromatic rings. The highest BCUT2D eigenvalue weighted by molar-refractivity contribution is 6.30. The summed E-state index contributed by atoms with van der Waals surface area (Å²) in [5.41, 5.74) is 0.839. The molecule has 0 aliphatic carbocycles. The van der Waals surface area contributed by atoms with Gasteiger partial charge in [-0.05, 0) is 25.0 Å². The van der Waals surface area contributed by atoms with Gasteiger partial charge >= 0.3 is 5.97 Å². The molecular weight excluding hydrogens is 337 g/mol. The fraction of sp³-hybridized carbons (Fsp3) is 0.412. The van der Waals surface area contributed by atoms with Crippen molar-refractivity contribution in [3.63, 3.8) is 0 Å². The van der Waals surface area contributed by atoms with Crippen molar-refractivity contribution in [1.82, 2.24) is 15.5 Å². The summed E-state index contributed by atoms with van der Waals surface area (Å²) in [5.74, 6) is -0.219. The summed E-state index contributed by atoms with van der Waals surface area (Å²) in [6.07, 6.45) is 1.67. The summed E-state index contributed by atoms with van der Waals surface area (Å²) in [6.45, 7) is 0. The van der Waals surface area contributed by atoms with Gasteiger partial charge in [0.15, 0.2) is 0 Å². The molecule has 3 rings (SSSR count). The zero-order valence-electron chi connectivity index (χ0n) is 14.3. The lowest BCUT2D eigenvalue weighted by atomic mass is 9.79. The molecule has 1 aliphatic rings. The Morgan fingerprint density at radius 1 is 1.23 bits per heavy atom. The van der Waals surface area contributed by atoms with Gasteiger partial charge in [-0.15, -0.1) is 10.2 Å². The molecular formula is C17H20BN3O5. The maximum Gasteiger partial charge on any atom is 0.305 e. The van der Waals surface area contributed by atoms with Crippen molar-refractivity contribution in [2.75, 3.05) is 0 Å². The van der Waals surface area contributed by atoms with E-state index < -0.39 is 5.97 Å². The highest BCUT2D eigenvalue weighted by Crippen LogP contribution is 2.18. The average Bonchev–Trinajstić information content (AvgIpc) is 3.11. The second-order valence-corrected chi connectivity index (χ2v) is 6.26. The van der Waals surface area contributed by atoms with E-state index in [1.807, 2.05) is 30.3 Å². The maximum absolute atomic E-state index is 12.1. The summed E-state index contributed by atoms with van der Waals surface area (Å²) in [6, 6.07) is 9.44. The largest absolute Gasteiger partial charge is 0.481 e. The summed E-state index contributed by atoms with van der Waals surface area (Å²) in [5, 5.41) is 19.6. The second-order valence-electron chi connectivity index (χ2n) is 6.26. The molecule has 8 nitrogen and oxygen atoms in total. The minimum absolute atomic E-state index is 0.00156. The number of nitrogens with zero attached hydrogens (tertiary/aromatic N) is 2. The molecule has 1 saturated heterocycles. The van der Waals surface area contributed by atoms with Crippen LogP contribution in [0.5, 0.6) is 0 Å². The Morgan fingerprint density at radius 2 is 2.04 bits per heavy atom. The van der Waals surface area contributed by atoms with Crippen LogP contribution in [0, 0.1) is 0 Å². The molecule has 0 radical (unpaired) electrons. The van der Waals surface area contributed by atoms with Crippen LogP contribution in [-0.4, -0.2) is 46.7 Å². The molecule has 2 atom stereocenters. The van der Waals surface area contributed by atoms with Gasteiger partial charge in [0.2, 0.25) is 17.7 Å². The van der Waals surface area contributed by atoms with E-state index in [1.165, 1.54) is 0 Å². The van der Waals surface area contributed by atoms with Crippen molar-refractivity contribution in [3.8, 4) is 11.5 Å². The number of carbonyl (C=O) groups is 2. The van der Waals surface area contributed by atoms with Crippen molar-refractivity contribution in [2.45, 2.75) is 44.1 Å². The van der Waals surface area contributed by atoms with Gasteiger partial charge < -0.3 is 19.5 Å². The molecule has 1 aromatic heterocycles. The van der Waals surface area contributed by atoms with E-state index >= 15 is 0 Å². The van der Waals surface area contributed by atoms with Crippen LogP contribution in [0.1, 0.15) is 31.6 Å². The van der Waals surface area contributed by atoms with E-state index in [0.29, 0.717) is 38.5 Å². The van der Waals surface area contributed by atoms with Crippen LogP contribution in [0.25, 0.3) is 11.5 Å².